The Morgan fingerprint density at radius 3 is 2.36 bits per heavy atom. The first-order valence-corrected chi connectivity index (χ1v) is 7.29. The number of esters is 1. The molecule has 0 aromatic heterocycles. The molecule has 5 heteroatoms. The fraction of sp³-hybridized carbons (Fsp3) is 0.471. The molecule has 4 rings (SSSR count). The van der Waals surface area contributed by atoms with E-state index in [2.05, 4.69) is 13.8 Å². The van der Waals surface area contributed by atoms with Gasteiger partial charge in [-0.05, 0) is 54.5 Å². The summed E-state index contributed by atoms with van der Waals surface area (Å²) in [5.74, 6) is 0.925. The Morgan fingerprint density at radius 1 is 1.23 bits per heavy atom. The van der Waals surface area contributed by atoms with Gasteiger partial charge in [-0.2, -0.15) is 13.2 Å². The number of allylic oxidation sites excluding steroid dienone is 2. The lowest BCUT2D eigenvalue weighted by Gasteiger charge is -2.55. The second kappa shape index (κ2) is 4.86. The molecule has 118 valence electrons. The zero-order chi connectivity index (χ0) is 16.1. The average molecular weight is 310 g/mol. The van der Waals surface area contributed by atoms with Crippen LogP contribution in [0.3, 0.4) is 0 Å². The van der Waals surface area contributed by atoms with E-state index in [9.17, 15) is 18.0 Å². The Labute approximate surface area is 127 Å². The van der Waals surface area contributed by atoms with Crippen LogP contribution in [0.15, 0.2) is 36.1 Å². The van der Waals surface area contributed by atoms with E-state index in [0.717, 1.165) is 37.1 Å². The molecule has 1 fully saturated rings. The summed E-state index contributed by atoms with van der Waals surface area (Å²) in [4.78, 5) is 12.1. The van der Waals surface area contributed by atoms with Gasteiger partial charge in [0.05, 0.1) is 11.1 Å². The summed E-state index contributed by atoms with van der Waals surface area (Å²) in [7, 11) is 0. The van der Waals surface area contributed by atoms with Crippen molar-refractivity contribution in [2.45, 2.75) is 32.9 Å². The number of ether oxygens (including phenoxy) is 1. The van der Waals surface area contributed by atoms with Gasteiger partial charge in [0, 0.05) is 5.92 Å². The molecule has 1 aromatic carbocycles. The Bertz CT molecular complexity index is 626. The summed E-state index contributed by atoms with van der Waals surface area (Å²) in [5.41, 5.74) is -0.512. The minimum atomic E-state index is -4.40. The van der Waals surface area contributed by atoms with Gasteiger partial charge in [0.2, 0.25) is 0 Å². The van der Waals surface area contributed by atoms with Crippen molar-refractivity contribution < 1.29 is 22.7 Å². The number of hydrogen-bond acceptors (Lipinski definition) is 2. The molecule has 1 aromatic rings. The number of fused-ring (bicyclic) bond motifs is 1. The molecule has 0 aliphatic heterocycles. The van der Waals surface area contributed by atoms with Crippen molar-refractivity contribution in [1.82, 2.24) is 0 Å². The van der Waals surface area contributed by atoms with Crippen LogP contribution in [0, 0.1) is 17.3 Å². The summed E-state index contributed by atoms with van der Waals surface area (Å²) in [6, 6.07) is 4.11. The molecule has 0 amide bonds. The zero-order valence-electron chi connectivity index (χ0n) is 12.4. The van der Waals surface area contributed by atoms with E-state index in [4.69, 9.17) is 4.74 Å². The molecular formula is C17H17F3O2. The number of alkyl halides is 3. The summed E-state index contributed by atoms with van der Waals surface area (Å²) in [6.45, 7) is 4.32. The maximum atomic E-state index is 12.5. The molecule has 22 heavy (non-hydrogen) atoms. The lowest BCUT2D eigenvalue weighted by Crippen LogP contribution is -2.48. The highest BCUT2D eigenvalue weighted by molar-refractivity contribution is 5.90. The highest BCUT2D eigenvalue weighted by atomic mass is 19.4. The Kier molecular flexibility index (Phi) is 3.34. The molecule has 0 radical (unpaired) electrons. The smallest absolute Gasteiger partial charge is 0.416 e. The predicted octanol–water partition coefficient (Wildman–Crippen LogP) is 4.81. The normalized spacial score (nSPS) is 26.0. The van der Waals surface area contributed by atoms with Crippen molar-refractivity contribution in [2.75, 3.05) is 0 Å². The molecule has 3 aliphatic carbocycles. The van der Waals surface area contributed by atoms with Gasteiger partial charge in [-0.1, -0.05) is 13.8 Å². The molecule has 0 N–H and O–H groups in total. The quantitative estimate of drug-likeness (QED) is 0.733. The van der Waals surface area contributed by atoms with Crippen molar-refractivity contribution in [3.05, 3.63) is 47.2 Å². The molecular weight excluding hydrogens is 293 g/mol. The van der Waals surface area contributed by atoms with Crippen molar-refractivity contribution >= 4 is 5.97 Å². The van der Waals surface area contributed by atoms with Crippen LogP contribution < -0.4 is 0 Å². The zero-order valence-corrected chi connectivity index (χ0v) is 12.4. The van der Waals surface area contributed by atoms with Crippen molar-refractivity contribution in [3.8, 4) is 0 Å². The molecule has 0 unspecified atom stereocenters. The molecule has 2 bridgehead atoms. The van der Waals surface area contributed by atoms with Crippen LogP contribution in [-0.2, 0) is 10.9 Å². The first-order chi connectivity index (χ1) is 10.2. The van der Waals surface area contributed by atoms with Gasteiger partial charge in [-0.15, -0.1) is 0 Å². The fourth-order valence-corrected chi connectivity index (χ4v) is 3.37. The van der Waals surface area contributed by atoms with Crippen molar-refractivity contribution in [1.29, 1.82) is 0 Å². The molecule has 1 saturated carbocycles. The maximum absolute atomic E-state index is 12.5. The lowest BCUT2D eigenvalue weighted by atomic mass is 9.50. The minimum Gasteiger partial charge on any atom is -0.427 e. The highest BCUT2D eigenvalue weighted by Crippen LogP contribution is 2.59. The number of halogens is 3. The van der Waals surface area contributed by atoms with Gasteiger partial charge in [-0.3, -0.25) is 0 Å². The van der Waals surface area contributed by atoms with E-state index in [1.807, 2.05) is 6.08 Å². The van der Waals surface area contributed by atoms with E-state index in [-0.39, 0.29) is 16.9 Å². The monoisotopic (exact) mass is 310 g/mol. The highest BCUT2D eigenvalue weighted by Gasteiger charge is 2.52. The molecule has 2 atom stereocenters. The summed E-state index contributed by atoms with van der Waals surface area (Å²) < 4.78 is 43.0. The molecule has 0 saturated heterocycles. The standard InChI is InChI=1S/C17H17F3O2/c1-16(2)12-7-8-14(13(16)9-12)22-15(21)10-3-5-11(6-4-10)17(18,19)20/h3-6,8,12-13H,7,9H2,1-2H3/t12-,13-/m0/s1. The van der Waals surface area contributed by atoms with Crippen LogP contribution >= 0.6 is 0 Å². The SMILES string of the molecule is CC1(C)[C@H]2CC=C(OC(=O)c3ccc(C(F)(F)F)cc3)[C@@H]1C2. The molecule has 0 spiro atoms. The number of carbonyl (C=O) groups excluding carboxylic acids is 1. The third-order valence-corrected chi connectivity index (χ3v) is 5.08. The third kappa shape index (κ3) is 2.42. The lowest BCUT2D eigenvalue weighted by molar-refractivity contribution is -0.137. The third-order valence-electron chi connectivity index (χ3n) is 5.08. The molecule has 0 heterocycles. The predicted molar refractivity (Wildman–Crippen MR) is 74.9 cm³/mol. The first-order valence-electron chi connectivity index (χ1n) is 7.29. The van der Waals surface area contributed by atoms with E-state index in [0.29, 0.717) is 11.7 Å². The van der Waals surface area contributed by atoms with Gasteiger partial charge in [0.15, 0.2) is 0 Å². The molecule has 2 nitrogen and oxygen atoms in total. The molecule has 3 aliphatic rings. The second-order valence-electron chi connectivity index (χ2n) is 6.61. The maximum Gasteiger partial charge on any atom is 0.416 e. The number of rotatable bonds is 2. The number of carbonyl (C=O) groups is 1. The van der Waals surface area contributed by atoms with Gasteiger partial charge < -0.3 is 4.74 Å². The van der Waals surface area contributed by atoms with E-state index in [1.54, 1.807) is 0 Å². The average Bonchev–Trinajstić information content (AvgIpc) is 2.46. The van der Waals surface area contributed by atoms with Gasteiger partial charge in [0.25, 0.3) is 0 Å². The van der Waals surface area contributed by atoms with Crippen molar-refractivity contribution in [2.24, 2.45) is 17.3 Å². The second-order valence-corrected chi connectivity index (χ2v) is 6.61. The van der Waals surface area contributed by atoms with Gasteiger partial charge in [-0.25, -0.2) is 4.79 Å². The van der Waals surface area contributed by atoms with Gasteiger partial charge in [0.1, 0.15) is 5.76 Å². The summed E-state index contributed by atoms with van der Waals surface area (Å²) in [5, 5.41) is 0. The van der Waals surface area contributed by atoms with Crippen LogP contribution in [0.1, 0.15) is 42.6 Å². The largest absolute Gasteiger partial charge is 0.427 e. The number of benzene rings is 1. The first kappa shape index (κ1) is 15.1. The fourth-order valence-electron chi connectivity index (χ4n) is 3.37. The summed E-state index contributed by atoms with van der Waals surface area (Å²) in [6.07, 6.45) is -0.566. The van der Waals surface area contributed by atoms with Crippen molar-refractivity contribution in [3.63, 3.8) is 0 Å². The van der Waals surface area contributed by atoms with Gasteiger partial charge >= 0.3 is 12.1 Å². The van der Waals surface area contributed by atoms with Crippen LogP contribution in [0.4, 0.5) is 13.2 Å². The van der Waals surface area contributed by atoms with E-state index < -0.39 is 17.7 Å². The van der Waals surface area contributed by atoms with E-state index in [1.165, 1.54) is 0 Å². The Balaban J connectivity index is 1.72. The topological polar surface area (TPSA) is 26.3 Å². The van der Waals surface area contributed by atoms with Crippen LogP contribution in [0.5, 0.6) is 0 Å². The Morgan fingerprint density at radius 2 is 1.86 bits per heavy atom. The minimum absolute atomic E-state index is 0.129. The van der Waals surface area contributed by atoms with E-state index >= 15 is 0 Å². The Hall–Kier alpha value is -1.78. The van der Waals surface area contributed by atoms with Crippen LogP contribution in [-0.4, -0.2) is 5.97 Å². The van der Waals surface area contributed by atoms with Crippen LogP contribution in [0.2, 0.25) is 0 Å². The summed E-state index contributed by atoms with van der Waals surface area (Å²) >= 11 is 0. The number of hydrogen-bond donors (Lipinski definition) is 0. The van der Waals surface area contributed by atoms with Crippen LogP contribution in [0.25, 0.3) is 0 Å².